The van der Waals surface area contributed by atoms with Gasteiger partial charge in [0.2, 0.25) is 5.91 Å². The van der Waals surface area contributed by atoms with Gasteiger partial charge in [-0.25, -0.2) is 0 Å². The van der Waals surface area contributed by atoms with Gasteiger partial charge in [0, 0.05) is 12.2 Å². The largest absolute Gasteiger partial charge is 0.370 e. The Hall–Kier alpha value is -0.180. The van der Waals surface area contributed by atoms with Crippen molar-refractivity contribution in [2.24, 2.45) is 5.73 Å². The van der Waals surface area contributed by atoms with Gasteiger partial charge in [0.15, 0.2) is 0 Å². The number of nitrogens with two attached hydrogens (primary N) is 1. The van der Waals surface area contributed by atoms with Gasteiger partial charge in [0.25, 0.3) is 0 Å². The molecule has 0 atom stereocenters. The van der Waals surface area contributed by atoms with Crippen molar-refractivity contribution in [3.8, 4) is 0 Å². The van der Waals surface area contributed by atoms with Crippen molar-refractivity contribution < 1.29 is 4.79 Å². The van der Waals surface area contributed by atoms with Crippen molar-refractivity contribution in [3.05, 3.63) is 6.92 Å². The van der Waals surface area contributed by atoms with Gasteiger partial charge in [0.05, 0.1) is 0 Å². The number of thioether (sulfide) groups is 1. The van der Waals surface area contributed by atoms with E-state index < -0.39 is 0 Å². The van der Waals surface area contributed by atoms with E-state index in [2.05, 4.69) is 6.92 Å². The second kappa shape index (κ2) is 4.97. The highest BCUT2D eigenvalue weighted by atomic mass is 32.2. The minimum Gasteiger partial charge on any atom is -0.370 e. The summed E-state index contributed by atoms with van der Waals surface area (Å²) >= 11 is 1.62. The van der Waals surface area contributed by atoms with Crippen LogP contribution in [0.15, 0.2) is 0 Å². The van der Waals surface area contributed by atoms with Crippen LogP contribution in [0.25, 0.3) is 0 Å². The normalized spacial score (nSPS) is 9.12. The number of carbonyl (C=O) groups excluding carboxylic acids is 1. The third kappa shape index (κ3) is 5.82. The lowest BCUT2D eigenvalue weighted by Gasteiger charge is -1.91. The predicted molar refractivity (Wildman–Crippen MR) is 36.5 cm³/mol. The molecule has 0 aromatic heterocycles. The van der Waals surface area contributed by atoms with Crippen LogP contribution in [0.1, 0.15) is 6.42 Å². The third-order valence-electron chi connectivity index (χ3n) is 0.637. The van der Waals surface area contributed by atoms with E-state index in [1.54, 1.807) is 11.8 Å². The molecule has 0 aromatic rings. The highest BCUT2D eigenvalue weighted by Crippen LogP contribution is 1.98. The number of rotatable bonds is 4. The first kappa shape index (κ1) is 7.82. The molecule has 2 N–H and O–H groups in total. The number of hydrogen-bond donors (Lipinski definition) is 1. The maximum absolute atomic E-state index is 10.1. The average Bonchev–Trinajstić information content (AvgIpc) is 1.66. The molecule has 0 aromatic carbocycles. The summed E-state index contributed by atoms with van der Waals surface area (Å²) < 4.78 is 0. The van der Waals surface area contributed by atoms with E-state index in [4.69, 9.17) is 5.73 Å². The maximum atomic E-state index is 10.1. The zero-order valence-corrected chi connectivity index (χ0v) is 5.54. The third-order valence-corrected chi connectivity index (χ3v) is 1.42. The summed E-state index contributed by atoms with van der Waals surface area (Å²) in [6, 6.07) is 0. The van der Waals surface area contributed by atoms with E-state index in [0.717, 1.165) is 11.5 Å². The van der Waals surface area contributed by atoms with Crippen LogP contribution < -0.4 is 5.73 Å². The molecule has 0 saturated heterocycles. The van der Waals surface area contributed by atoms with Gasteiger partial charge in [-0.2, -0.15) is 11.8 Å². The van der Waals surface area contributed by atoms with Gasteiger partial charge >= 0.3 is 0 Å². The fourth-order valence-electron chi connectivity index (χ4n) is 0.275. The van der Waals surface area contributed by atoms with Gasteiger partial charge in [-0.3, -0.25) is 4.79 Å². The summed E-state index contributed by atoms with van der Waals surface area (Å²) in [5.74, 6) is 1.39. The summed E-state index contributed by atoms with van der Waals surface area (Å²) in [4.78, 5) is 10.1. The second-order valence-electron chi connectivity index (χ2n) is 1.33. The molecule has 2 nitrogen and oxygen atoms in total. The summed E-state index contributed by atoms with van der Waals surface area (Å²) in [7, 11) is 0. The molecule has 0 fully saturated rings. The average molecular weight is 132 g/mol. The van der Waals surface area contributed by atoms with Crippen LogP contribution in [-0.4, -0.2) is 17.4 Å². The van der Waals surface area contributed by atoms with Crippen molar-refractivity contribution in [3.63, 3.8) is 0 Å². The Bertz CT molecular complexity index is 74.8. The van der Waals surface area contributed by atoms with E-state index in [1.807, 2.05) is 0 Å². The molecule has 0 aliphatic rings. The molecule has 0 spiro atoms. The number of primary amides is 1. The van der Waals surface area contributed by atoms with Gasteiger partial charge in [-0.05, 0) is 12.7 Å². The van der Waals surface area contributed by atoms with Crippen LogP contribution in [0, 0.1) is 6.92 Å². The molecular formula is C5H10NOS. The molecule has 1 amide bonds. The summed E-state index contributed by atoms with van der Waals surface area (Å²) in [5, 5.41) is 0. The zero-order chi connectivity index (χ0) is 6.41. The van der Waals surface area contributed by atoms with E-state index in [9.17, 15) is 4.79 Å². The first-order chi connectivity index (χ1) is 3.77. The van der Waals surface area contributed by atoms with Crippen LogP contribution in [-0.2, 0) is 4.79 Å². The molecule has 0 aliphatic heterocycles. The van der Waals surface area contributed by atoms with E-state index >= 15 is 0 Å². The molecule has 3 heteroatoms. The maximum Gasteiger partial charge on any atom is 0.218 e. The fourth-order valence-corrected chi connectivity index (χ4v) is 0.824. The van der Waals surface area contributed by atoms with Crippen LogP contribution in [0.5, 0.6) is 0 Å². The molecule has 0 bridgehead atoms. The topological polar surface area (TPSA) is 43.1 Å². The predicted octanol–water partition coefficient (Wildman–Crippen LogP) is 0.429. The Balaban J connectivity index is 2.82. The van der Waals surface area contributed by atoms with Crippen molar-refractivity contribution in [2.45, 2.75) is 6.42 Å². The van der Waals surface area contributed by atoms with Gasteiger partial charge < -0.3 is 5.73 Å². The highest BCUT2D eigenvalue weighted by Gasteiger charge is 1.90. The lowest BCUT2D eigenvalue weighted by atomic mass is 10.5. The van der Waals surface area contributed by atoms with E-state index in [1.165, 1.54) is 0 Å². The molecule has 0 aliphatic carbocycles. The van der Waals surface area contributed by atoms with E-state index in [0.29, 0.717) is 6.42 Å². The van der Waals surface area contributed by atoms with Gasteiger partial charge in [-0.15, -0.1) is 0 Å². The Morgan fingerprint density at radius 2 is 2.38 bits per heavy atom. The Labute approximate surface area is 53.8 Å². The van der Waals surface area contributed by atoms with Crippen LogP contribution in [0.2, 0.25) is 0 Å². The molecule has 1 radical (unpaired) electrons. The van der Waals surface area contributed by atoms with Crippen LogP contribution in [0.4, 0.5) is 0 Å². The van der Waals surface area contributed by atoms with Gasteiger partial charge in [0.1, 0.15) is 0 Å². The molecule has 47 valence electrons. The smallest absolute Gasteiger partial charge is 0.218 e. The minimum atomic E-state index is -0.231. The zero-order valence-electron chi connectivity index (χ0n) is 4.72. The minimum absolute atomic E-state index is 0.231. The molecule has 0 unspecified atom stereocenters. The monoisotopic (exact) mass is 132 g/mol. The molecule has 0 rings (SSSR count). The first-order valence-corrected chi connectivity index (χ1v) is 3.58. The van der Waals surface area contributed by atoms with Crippen molar-refractivity contribution >= 4 is 17.7 Å². The molecular weight excluding hydrogens is 122 g/mol. The Kier molecular flexibility index (Phi) is 4.85. The van der Waals surface area contributed by atoms with E-state index in [-0.39, 0.29) is 5.91 Å². The number of hydrogen-bond acceptors (Lipinski definition) is 2. The van der Waals surface area contributed by atoms with Crippen LogP contribution in [0.3, 0.4) is 0 Å². The SMILES string of the molecule is [CH2]CSCCC(N)=O. The quantitative estimate of drug-likeness (QED) is 0.564. The lowest BCUT2D eigenvalue weighted by Crippen LogP contribution is -2.10. The first-order valence-electron chi connectivity index (χ1n) is 2.42. The summed E-state index contributed by atoms with van der Waals surface area (Å²) in [6.45, 7) is 3.59. The molecule has 0 heterocycles. The molecule has 0 saturated carbocycles. The Morgan fingerprint density at radius 1 is 1.75 bits per heavy atom. The fraction of sp³-hybridized carbons (Fsp3) is 0.600. The van der Waals surface area contributed by atoms with Crippen LogP contribution >= 0.6 is 11.8 Å². The Morgan fingerprint density at radius 3 is 2.75 bits per heavy atom. The second-order valence-corrected chi connectivity index (χ2v) is 2.55. The lowest BCUT2D eigenvalue weighted by molar-refractivity contribution is -0.117. The molecule has 8 heavy (non-hydrogen) atoms. The van der Waals surface area contributed by atoms with Crippen molar-refractivity contribution in [1.82, 2.24) is 0 Å². The van der Waals surface area contributed by atoms with Crippen molar-refractivity contribution in [2.75, 3.05) is 11.5 Å². The van der Waals surface area contributed by atoms with Crippen molar-refractivity contribution in [1.29, 1.82) is 0 Å². The summed E-state index contributed by atoms with van der Waals surface area (Å²) in [5.41, 5.74) is 4.86. The standard InChI is InChI=1S/C5H10NOS/c1-2-8-4-3-5(6)7/h1-4H2,(H2,6,7). The summed E-state index contributed by atoms with van der Waals surface area (Å²) in [6.07, 6.45) is 0.472. The number of carbonyl (C=O) groups is 1. The highest BCUT2D eigenvalue weighted by molar-refractivity contribution is 7.99. The van der Waals surface area contributed by atoms with Gasteiger partial charge in [-0.1, -0.05) is 0 Å². The number of amides is 1.